The average molecular weight is 779 g/mol. The molecule has 1 atom stereocenters. The normalized spacial score (nSPS) is 12.1. The van der Waals surface area contributed by atoms with Gasteiger partial charge in [-0.15, -0.1) is 0 Å². The summed E-state index contributed by atoms with van der Waals surface area (Å²) in [5, 5.41) is 0. The zero-order valence-electron chi connectivity index (χ0n) is 37.6. The summed E-state index contributed by atoms with van der Waals surface area (Å²) in [6.45, 7) is 11.3. The third-order valence-electron chi connectivity index (χ3n) is 11.0. The van der Waals surface area contributed by atoms with Crippen molar-refractivity contribution < 1.29 is 28.6 Å². The molecule has 0 bridgehead atoms. The van der Waals surface area contributed by atoms with Crippen molar-refractivity contribution in [1.29, 1.82) is 0 Å². The number of esters is 3. The standard InChI is InChI=1S/C49H94O6/c1-6-7-8-9-10-11-12-13-14-15-19-24-29-34-39-47(50)53-42-46(43-54-48(51)40-35-30-26-21-23-28-33-38-45(4)5)55-49(52)41-36-31-25-20-17-16-18-22-27-32-37-44(2)3/h44-46H,6-43H2,1-5H3/t46-/m1/s1. The van der Waals surface area contributed by atoms with Gasteiger partial charge < -0.3 is 14.2 Å². The van der Waals surface area contributed by atoms with Crippen molar-refractivity contribution in [3.8, 4) is 0 Å². The van der Waals surface area contributed by atoms with Crippen LogP contribution >= 0.6 is 0 Å². The molecule has 0 saturated heterocycles. The molecule has 0 spiro atoms. The molecule has 6 heteroatoms. The lowest BCUT2D eigenvalue weighted by atomic mass is 10.0. The third kappa shape index (κ3) is 43.4. The lowest BCUT2D eigenvalue weighted by Gasteiger charge is -2.18. The van der Waals surface area contributed by atoms with E-state index in [1.807, 2.05) is 0 Å². The van der Waals surface area contributed by atoms with Crippen molar-refractivity contribution in [3.05, 3.63) is 0 Å². The van der Waals surface area contributed by atoms with E-state index < -0.39 is 6.10 Å². The summed E-state index contributed by atoms with van der Waals surface area (Å²) in [6.07, 6.45) is 40.9. The van der Waals surface area contributed by atoms with E-state index >= 15 is 0 Å². The van der Waals surface area contributed by atoms with E-state index in [0.29, 0.717) is 19.3 Å². The summed E-state index contributed by atoms with van der Waals surface area (Å²) in [5.41, 5.74) is 0. The Morgan fingerprint density at radius 2 is 0.600 bits per heavy atom. The minimum Gasteiger partial charge on any atom is -0.462 e. The third-order valence-corrected chi connectivity index (χ3v) is 11.0. The molecule has 0 saturated carbocycles. The molecule has 0 aliphatic carbocycles. The number of hydrogen-bond acceptors (Lipinski definition) is 6. The molecule has 0 unspecified atom stereocenters. The van der Waals surface area contributed by atoms with E-state index in [1.54, 1.807) is 0 Å². The first-order valence-electron chi connectivity index (χ1n) is 24.2. The Balaban J connectivity index is 4.32. The predicted octanol–water partition coefficient (Wildman–Crippen LogP) is 15.4. The molecule has 6 nitrogen and oxygen atoms in total. The van der Waals surface area contributed by atoms with Crippen LogP contribution in [0.3, 0.4) is 0 Å². The molecule has 0 aliphatic rings. The average Bonchev–Trinajstić information content (AvgIpc) is 3.15. The van der Waals surface area contributed by atoms with Crippen LogP contribution < -0.4 is 0 Å². The highest BCUT2D eigenvalue weighted by Crippen LogP contribution is 2.17. The highest BCUT2D eigenvalue weighted by molar-refractivity contribution is 5.71. The monoisotopic (exact) mass is 779 g/mol. The fourth-order valence-electron chi connectivity index (χ4n) is 7.28. The molecule has 0 aromatic carbocycles. The quantitative estimate of drug-likeness (QED) is 0.0348. The van der Waals surface area contributed by atoms with Crippen molar-refractivity contribution in [1.82, 2.24) is 0 Å². The van der Waals surface area contributed by atoms with Crippen molar-refractivity contribution in [2.45, 2.75) is 272 Å². The molecule has 326 valence electrons. The van der Waals surface area contributed by atoms with E-state index in [4.69, 9.17) is 14.2 Å². The number of carbonyl (C=O) groups is 3. The molecule has 0 heterocycles. The smallest absolute Gasteiger partial charge is 0.306 e. The maximum absolute atomic E-state index is 12.7. The summed E-state index contributed by atoms with van der Waals surface area (Å²) in [7, 11) is 0. The topological polar surface area (TPSA) is 78.9 Å². The van der Waals surface area contributed by atoms with Crippen molar-refractivity contribution >= 4 is 17.9 Å². The van der Waals surface area contributed by atoms with Crippen molar-refractivity contribution in [2.75, 3.05) is 13.2 Å². The Morgan fingerprint density at radius 3 is 0.891 bits per heavy atom. The molecule has 0 fully saturated rings. The summed E-state index contributed by atoms with van der Waals surface area (Å²) in [4.78, 5) is 37.8. The van der Waals surface area contributed by atoms with Crippen LogP contribution in [0, 0.1) is 11.8 Å². The molecule has 0 radical (unpaired) electrons. The van der Waals surface area contributed by atoms with Crippen LogP contribution in [0.2, 0.25) is 0 Å². The Morgan fingerprint density at radius 1 is 0.345 bits per heavy atom. The molecular weight excluding hydrogens is 685 g/mol. The van der Waals surface area contributed by atoms with Crippen LogP contribution in [0.4, 0.5) is 0 Å². The Hall–Kier alpha value is -1.59. The van der Waals surface area contributed by atoms with Gasteiger partial charge in [0.15, 0.2) is 6.10 Å². The lowest BCUT2D eigenvalue weighted by Crippen LogP contribution is -2.30. The first kappa shape index (κ1) is 53.4. The SMILES string of the molecule is CCCCCCCCCCCCCCCCC(=O)OC[C@H](COC(=O)CCCCCCCCCC(C)C)OC(=O)CCCCCCCCCCCCC(C)C. The van der Waals surface area contributed by atoms with Crippen LogP contribution in [0.25, 0.3) is 0 Å². The Kier molecular flexibility index (Phi) is 40.8. The molecule has 0 aromatic heterocycles. The van der Waals surface area contributed by atoms with Crippen LogP contribution in [0.5, 0.6) is 0 Å². The van der Waals surface area contributed by atoms with Crippen molar-refractivity contribution in [2.24, 2.45) is 11.8 Å². The highest BCUT2D eigenvalue weighted by Gasteiger charge is 2.19. The fraction of sp³-hybridized carbons (Fsp3) is 0.939. The second kappa shape index (κ2) is 42.0. The van der Waals surface area contributed by atoms with Gasteiger partial charge in [-0.3, -0.25) is 14.4 Å². The molecule has 0 rings (SSSR count). The number of rotatable bonds is 43. The van der Waals surface area contributed by atoms with Gasteiger partial charge in [0.05, 0.1) is 0 Å². The van der Waals surface area contributed by atoms with E-state index in [0.717, 1.165) is 69.6 Å². The number of unbranched alkanes of at least 4 members (excludes halogenated alkanes) is 28. The van der Waals surface area contributed by atoms with Crippen LogP contribution in [-0.2, 0) is 28.6 Å². The first-order chi connectivity index (χ1) is 26.7. The van der Waals surface area contributed by atoms with Gasteiger partial charge >= 0.3 is 17.9 Å². The molecule has 0 N–H and O–H groups in total. The molecule has 0 aromatic rings. The summed E-state index contributed by atoms with van der Waals surface area (Å²) >= 11 is 0. The van der Waals surface area contributed by atoms with Crippen LogP contribution in [-0.4, -0.2) is 37.2 Å². The lowest BCUT2D eigenvalue weighted by molar-refractivity contribution is -0.167. The minimum absolute atomic E-state index is 0.0647. The van der Waals surface area contributed by atoms with Gasteiger partial charge in [0.25, 0.3) is 0 Å². The number of carbonyl (C=O) groups excluding carboxylic acids is 3. The highest BCUT2D eigenvalue weighted by atomic mass is 16.6. The molecule has 55 heavy (non-hydrogen) atoms. The van der Waals surface area contributed by atoms with Gasteiger partial charge in [-0.25, -0.2) is 0 Å². The van der Waals surface area contributed by atoms with E-state index in [-0.39, 0.29) is 31.1 Å². The zero-order valence-corrected chi connectivity index (χ0v) is 37.6. The summed E-state index contributed by atoms with van der Waals surface area (Å²) in [5.74, 6) is 0.742. The fourth-order valence-corrected chi connectivity index (χ4v) is 7.28. The molecule has 0 amide bonds. The maximum atomic E-state index is 12.7. The number of hydrogen-bond donors (Lipinski definition) is 0. The number of ether oxygens (including phenoxy) is 3. The molecular formula is C49H94O6. The van der Waals surface area contributed by atoms with Crippen LogP contribution in [0.15, 0.2) is 0 Å². The second-order valence-corrected chi connectivity index (χ2v) is 17.7. The van der Waals surface area contributed by atoms with Gasteiger partial charge in [-0.2, -0.15) is 0 Å². The maximum Gasteiger partial charge on any atom is 0.306 e. The van der Waals surface area contributed by atoms with Crippen molar-refractivity contribution in [3.63, 3.8) is 0 Å². The largest absolute Gasteiger partial charge is 0.462 e. The summed E-state index contributed by atoms with van der Waals surface area (Å²) in [6, 6.07) is 0. The van der Waals surface area contributed by atoms with Gasteiger partial charge in [0, 0.05) is 19.3 Å². The van der Waals surface area contributed by atoms with Gasteiger partial charge in [0.2, 0.25) is 0 Å². The predicted molar refractivity (Wildman–Crippen MR) is 233 cm³/mol. The second-order valence-electron chi connectivity index (χ2n) is 17.7. The minimum atomic E-state index is -0.761. The van der Waals surface area contributed by atoms with Crippen LogP contribution in [0.1, 0.15) is 266 Å². The molecule has 0 aliphatic heterocycles. The zero-order chi connectivity index (χ0) is 40.5. The van der Waals surface area contributed by atoms with E-state index in [2.05, 4.69) is 34.6 Å². The van der Waals surface area contributed by atoms with Gasteiger partial charge in [-0.05, 0) is 31.1 Å². The summed E-state index contributed by atoms with van der Waals surface area (Å²) < 4.78 is 16.7. The Labute approximate surface area is 342 Å². The first-order valence-corrected chi connectivity index (χ1v) is 24.2. The Bertz CT molecular complexity index is 839. The van der Waals surface area contributed by atoms with Gasteiger partial charge in [-0.1, -0.05) is 227 Å². The van der Waals surface area contributed by atoms with E-state index in [9.17, 15) is 14.4 Å². The van der Waals surface area contributed by atoms with E-state index in [1.165, 1.54) is 154 Å². The van der Waals surface area contributed by atoms with Gasteiger partial charge in [0.1, 0.15) is 13.2 Å².